The van der Waals surface area contributed by atoms with Gasteiger partial charge >= 0.3 is 0 Å². The lowest BCUT2D eigenvalue weighted by atomic mass is 9.93. The molecule has 0 radical (unpaired) electrons. The van der Waals surface area contributed by atoms with Crippen molar-refractivity contribution in [1.29, 1.82) is 0 Å². The Morgan fingerprint density at radius 3 is 2.20 bits per heavy atom. The van der Waals surface area contributed by atoms with Gasteiger partial charge in [-0.1, -0.05) is 64.5 Å². The monoisotopic (exact) mass is 212 g/mol. The summed E-state index contributed by atoms with van der Waals surface area (Å²) in [6, 6.07) is 0. The van der Waals surface area contributed by atoms with Crippen molar-refractivity contribution in [1.82, 2.24) is 0 Å². The molecule has 0 rings (SSSR count). The van der Waals surface area contributed by atoms with Gasteiger partial charge in [0.25, 0.3) is 0 Å². The van der Waals surface area contributed by atoms with Crippen molar-refractivity contribution in [2.45, 2.75) is 71.8 Å². The van der Waals surface area contributed by atoms with Gasteiger partial charge in [-0.25, -0.2) is 0 Å². The molecule has 2 atom stereocenters. The van der Waals surface area contributed by atoms with Crippen molar-refractivity contribution in [3.8, 4) is 0 Å². The molecular formula is C14H28O. The summed E-state index contributed by atoms with van der Waals surface area (Å²) in [4.78, 5) is 0. The number of aliphatic hydroxyl groups excluding tert-OH is 1. The third kappa shape index (κ3) is 7.61. The molecule has 2 unspecified atom stereocenters. The summed E-state index contributed by atoms with van der Waals surface area (Å²) in [7, 11) is 0. The smallest absolute Gasteiger partial charge is 0.0602 e. The van der Waals surface area contributed by atoms with Crippen LogP contribution in [0.15, 0.2) is 12.2 Å². The van der Waals surface area contributed by atoms with E-state index in [-0.39, 0.29) is 12.0 Å². The Hall–Kier alpha value is -0.300. The minimum atomic E-state index is -0.186. The van der Waals surface area contributed by atoms with Crippen LogP contribution in [0.5, 0.6) is 0 Å². The van der Waals surface area contributed by atoms with Crippen LogP contribution in [-0.2, 0) is 0 Å². The molecule has 0 aliphatic carbocycles. The van der Waals surface area contributed by atoms with E-state index in [0.29, 0.717) is 0 Å². The normalized spacial score (nSPS) is 14.9. The van der Waals surface area contributed by atoms with E-state index >= 15 is 0 Å². The number of aliphatic hydroxyl groups is 1. The van der Waals surface area contributed by atoms with Crippen LogP contribution in [0.2, 0.25) is 0 Å². The molecule has 90 valence electrons. The number of hydrogen-bond acceptors (Lipinski definition) is 1. The van der Waals surface area contributed by atoms with Crippen LogP contribution in [0, 0.1) is 5.92 Å². The first-order chi connectivity index (χ1) is 7.09. The fraction of sp³-hybridized carbons (Fsp3) is 0.857. The van der Waals surface area contributed by atoms with Gasteiger partial charge in [0.2, 0.25) is 0 Å². The maximum absolute atomic E-state index is 9.83. The molecule has 0 heterocycles. The molecule has 0 fully saturated rings. The average molecular weight is 212 g/mol. The van der Waals surface area contributed by atoms with E-state index in [2.05, 4.69) is 20.4 Å². The first-order valence-corrected chi connectivity index (χ1v) is 6.43. The van der Waals surface area contributed by atoms with E-state index < -0.39 is 0 Å². The Labute approximate surface area is 95.6 Å². The van der Waals surface area contributed by atoms with Gasteiger partial charge < -0.3 is 5.11 Å². The Kier molecular flexibility index (Phi) is 8.79. The molecule has 0 saturated heterocycles. The van der Waals surface area contributed by atoms with Crippen molar-refractivity contribution >= 4 is 0 Å². The number of hydrogen-bond donors (Lipinski definition) is 1. The molecule has 1 nitrogen and oxygen atoms in total. The van der Waals surface area contributed by atoms with Crippen LogP contribution in [0.4, 0.5) is 0 Å². The summed E-state index contributed by atoms with van der Waals surface area (Å²) in [5.41, 5.74) is 1.09. The lowest BCUT2D eigenvalue weighted by Gasteiger charge is -2.18. The van der Waals surface area contributed by atoms with Gasteiger partial charge in [-0.3, -0.25) is 0 Å². The summed E-state index contributed by atoms with van der Waals surface area (Å²) in [6.45, 7) is 10.2. The molecule has 0 aliphatic rings. The zero-order chi connectivity index (χ0) is 11.7. The molecule has 0 saturated carbocycles. The predicted molar refractivity (Wildman–Crippen MR) is 68.0 cm³/mol. The fourth-order valence-electron chi connectivity index (χ4n) is 1.71. The maximum atomic E-state index is 9.83. The summed E-state index contributed by atoms with van der Waals surface area (Å²) < 4.78 is 0. The number of unbranched alkanes of at least 4 members (excludes halogenated alkanes) is 5. The van der Waals surface area contributed by atoms with E-state index in [4.69, 9.17) is 0 Å². The van der Waals surface area contributed by atoms with E-state index in [0.717, 1.165) is 18.4 Å². The van der Waals surface area contributed by atoms with Gasteiger partial charge in [0.15, 0.2) is 0 Å². The van der Waals surface area contributed by atoms with Crippen LogP contribution in [0.25, 0.3) is 0 Å². The van der Waals surface area contributed by atoms with Crippen LogP contribution >= 0.6 is 0 Å². The lowest BCUT2D eigenvalue weighted by Crippen LogP contribution is -2.17. The molecule has 0 aromatic rings. The van der Waals surface area contributed by atoms with Crippen molar-refractivity contribution in [2.24, 2.45) is 5.92 Å². The molecular weight excluding hydrogens is 184 g/mol. The fourth-order valence-corrected chi connectivity index (χ4v) is 1.71. The summed E-state index contributed by atoms with van der Waals surface area (Å²) in [5.74, 6) is 0.251. The van der Waals surface area contributed by atoms with Crippen molar-refractivity contribution in [2.75, 3.05) is 0 Å². The molecule has 15 heavy (non-hydrogen) atoms. The second-order valence-electron chi connectivity index (χ2n) is 4.76. The van der Waals surface area contributed by atoms with Crippen LogP contribution in [0.3, 0.4) is 0 Å². The average Bonchev–Trinajstić information content (AvgIpc) is 2.21. The van der Waals surface area contributed by atoms with Gasteiger partial charge in [-0.15, -0.1) is 0 Å². The highest BCUT2D eigenvalue weighted by atomic mass is 16.3. The summed E-state index contributed by atoms with van der Waals surface area (Å²) >= 11 is 0. The molecule has 0 aliphatic heterocycles. The second-order valence-corrected chi connectivity index (χ2v) is 4.76. The lowest BCUT2D eigenvalue weighted by molar-refractivity contribution is 0.120. The van der Waals surface area contributed by atoms with Crippen LogP contribution in [-0.4, -0.2) is 11.2 Å². The van der Waals surface area contributed by atoms with E-state index in [1.54, 1.807) is 0 Å². The van der Waals surface area contributed by atoms with E-state index in [9.17, 15) is 5.11 Å². The Morgan fingerprint density at radius 2 is 1.67 bits per heavy atom. The van der Waals surface area contributed by atoms with E-state index in [1.807, 2.05) is 6.92 Å². The topological polar surface area (TPSA) is 20.2 Å². The van der Waals surface area contributed by atoms with Crippen molar-refractivity contribution < 1.29 is 5.11 Å². The Balaban J connectivity index is 3.38. The number of rotatable bonds is 9. The molecule has 0 amide bonds. The minimum Gasteiger partial charge on any atom is -0.393 e. The standard InChI is InChI=1S/C14H28O/c1-5-6-7-8-9-10-11-14(15)13(4)12(2)3/h13-15H,2,5-11H2,1,3-4H3. The third-order valence-electron chi connectivity index (χ3n) is 3.21. The largest absolute Gasteiger partial charge is 0.393 e. The quantitative estimate of drug-likeness (QED) is 0.446. The highest BCUT2D eigenvalue weighted by Crippen LogP contribution is 2.18. The first-order valence-electron chi connectivity index (χ1n) is 6.43. The third-order valence-corrected chi connectivity index (χ3v) is 3.21. The minimum absolute atomic E-state index is 0.186. The molecule has 0 bridgehead atoms. The maximum Gasteiger partial charge on any atom is 0.0602 e. The van der Waals surface area contributed by atoms with Crippen molar-refractivity contribution in [3.63, 3.8) is 0 Å². The zero-order valence-corrected chi connectivity index (χ0v) is 10.8. The van der Waals surface area contributed by atoms with Gasteiger partial charge in [-0.2, -0.15) is 0 Å². The second kappa shape index (κ2) is 8.96. The zero-order valence-electron chi connectivity index (χ0n) is 10.8. The van der Waals surface area contributed by atoms with Gasteiger partial charge in [0, 0.05) is 5.92 Å². The van der Waals surface area contributed by atoms with Crippen LogP contribution < -0.4 is 0 Å². The molecule has 1 heteroatoms. The van der Waals surface area contributed by atoms with E-state index in [1.165, 1.54) is 32.1 Å². The van der Waals surface area contributed by atoms with Gasteiger partial charge in [0.1, 0.15) is 0 Å². The molecule has 0 aromatic carbocycles. The van der Waals surface area contributed by atoms with Crippen LogP contribution in [0.1, 0.15) is 65.7 Å². The Morgan fingerprint density at radius 1 is 1.13 bits per heavy atom. The molecule has 1 N–H and O–H groups in total. The predicted octanol–water partition coefficient (Wildman–Crippen LogP) is 4.31. The molecule has 0 spiro atoms. The Bertz CT molecular complexity index is 163. The highest BCUT2D eigenvalue weighted by molar-refractivity contribution is 4.96. The van der Waals surface area contributed by atoms with Crippen molar-refractivity contribution in [3.05, 3.63) is 12.2 Å². The highest BCUT2D eigenvalue weighted by Gasteiger charge is 2.13. The summed E-state index contributed by atoms with van der Waals surface area (Å²) in [6.07, 6.45) is 8.49. The van der Waals surface area contributed by atoms with Gasteiger partial charge in [-0.05, 0) is 13.3 Å². The SMILES string of the molecule is C=C(C)C(C)C(O)CCCCCCCC. The summed E-state index contributed by atoms with van der Waals surface area (Å²) in [5, 5.41) is 9.83. The first kappa shape index (κ1) is 14.7. The molecule has 0 aromatic heterocycles. The van der Waals surface area contributed by atoms with Gasteiger partial charge in [0.05, 0.1) is 6.10 Å².